The largest absolute Gasteiger partial charge is 0.346 e. The van der Waals surface area contributed by atoms with Gasteiger partial charge in [0.2, 0.25) is 5.91 Å². The van der Waals surface area contributed by atoms with E-state index in [0.717, 1.165) is 25.8 Å². The molecular weight excluding hydrogens is 162 g/mol. The lowest BCUT2D eigenvalue weighted by atomic mass is 10.2. The van der Waals surface area contributed by atoms with Crippen LogP contribution >= 0.6 is 0 Å². The summed E-state index contributed by atoms with van der Waals surface area (Å²) in [5.74, 6) is 0.275. The molecule has 0 N–H and O–H groups in total. The monoisotopic (exact) mass is 184 g/mol. The zero-order valence-corrected chi connectivity index (χ0v) is 9.01. The van der Waals surface area contributed by atoms with Gasteiger partial charge in [-0.3, -0.25) is 4.79 Å². The molecule has 0 unspecified atom stereocenters. The highest BCUT2D eigenvalue weighted by molar-refractivity contribution is 5.75. The van der Waals surface area contributed by atoms with E-state index in [-0.39, 0.29) is 5.91 Å². The first-order valence-electron chi connectivity index (χ1n) is 5.25. The van der Waals surface area contributed by atoms with E-state index in [1.165, 1.54) is 12.8 Å². The minimum absolute atomic E-state index is 0.275. The molecule has 0 aromatic carbocycles. The summed E-state index contributed by atoms with van der Waals surface area (Å²) >= 11 is 0. The smallest absolute Gasteiger partial charge is 0.222 e. The van der Waals surface area contributed by atoms with E-state index in [4.69, 9.17) is 0 Å². The van der Waals surface area contributed by atoms with Gasteiger partial charge in [0, 0.05) is 20.0 Å². The normalized spacial score (nSPS) is 10.1. The van der Waals surface area contributed by atoms with Crippen LogP contribution in [0.15, 0.2) is 0 Å². The topological polar surface area (TPSA) is 20.3 Å². The highest BCUT2D eigenvalue weighted by Gasteiger charge is 2.05. The molecule has 0 heterocycles. The van der Waals surface area contributed by atoms with Gasteiger partial charge in [0.25, 0.3) is 0 Å². The predicted molar refractivity (Wildman–Crippen MR) is 56.4 cm³/mol. The number of carbonyl (C=O) groups is 1. The van der Waals surface area contributed by atoms with Crippen molar-refractivity contribution in [2.24, 2.45) is 0 Å². The average molecular weight is 184 g/mol. The van der Waals surface area contributed by atoms with Gasteiger partial charge in [0.1, 0.15) is 0 Å². The van der Waals surface area contributed by atoms with Crippen LogP contribution in [-0.4, -0.2) is 24.4 Å². The van der Waals surface area contributed by atoms with Crippen LogP contribution in [0.1, 0.15) is 45.4 Å². The van der Waals surface area contributed by atoms with Crippen LogP contribution in [0.3, 0.4) is 0 Å². The van der Waals surface area contributed by atoms with E-state index >= 15 is 0 Å². The molecule has 0 atom stereocenters. The molecule has 0 spiro atoms. The minimum Gasteiger partial charge on any atom is -0.346 e. The molecule has 0 aromatic heterocycles. The standard InChI is InChI=1S/C11H22NO/c1-4-6-7-8-10-12(3)11(13)9-5-2/h1,4-10H2,2-3H3. The summed E-state index contributed by atoms with van der Waals surface area (Å²) in [7, 11) is 1.89. The van der Waals surface area contributed by atoms with Crippen LogP contribution < -0.4 is 0 Å². The third kappa shape index (κ3) is 6.62. The van der Waals surface area contributed by atoms with Gasteiger partial charge in [-0.2, -0.15) is 0 Å². The maximum Gasteiger partial charge on any atom is 0.222 e. The average Bonchev–Trinajstić information content (AvgIpc) is 2.12. The van der Waals surface area contributed by atoms with Gasteiger partial charge in [0.05, 0.1) is 0 Å². The number of carbonyl (C=O) groups excluding carboxylic acids is 1. The number of nitrogens with zero attached hydrogens (tertiary/aromatic N) is 1. The second kappa shape index (κ2) is 8.09. The Hall–Kier alpha value is -0.530. The Morgan fingerprint density at radius 2 is 2.00 bits per heavy atom. The first kappa shape index (κ1) is 12.5. The molecule has 0 aliphatic carbocycles. The van der Waals surface area contributed by atoms with E-state index in [1.807, 2.05) is 18.9 Å². The number of rotatable bonds is 7. The van der Waals surface area contributed by atoms with Gasteiger partial charge in [-0.25, -0.2) is 0 Å². The van der Waals surface area contributed by atoms with Crippen LogP contribution in [0.4, 0.5) is 0 Å². The molecule has 0 aliphatic rings. The Labute approximate surface area is 82.3 Å². The summed E-state index contributed by atoms with van der Waals surface area (Å²) in [6.45, 7) is 6.72. The number of unbranched alkanes of at least 4 members (excludes halogenated alkanes) is 3. The lowest BCUT2D eigenvalue weighted by Crippen LogP contribution is -2.27. The van der Waals surface area contributed by atoms with Crippen molar-refractivity contribution in [3.63, 3.8) is 0 Å². The van der Waals surface area contributed by atoms with E-state index in [9.17, 15) is 4.79 Å². The Morgan fingerprint density at radius 3 is 2.54 bits per heavy atom. The van der Waals surface area contributed by atoms with Gasteiger partial charge < -0.3 is 4.90 Å². The van der Waals surface area contributed by atoms with Crippen LogP contribution in [0, 0.1) is 6.92 Å². The first-order chi connectivity index (χ1) is 6.22. The second-order valence-corrected chi connectivity index (χ2v) is 3.48. The van der Waals surface area contributed by atoms with Gasteiger partial charge >= 0.3 is 0 Å². The molecule has 0 rings (SSSR count). The fraction of sp³-hybridized carbons (Fsp3) is 0.818. The van der Waals surface area contributed by atoms with Crippen molar-refractivity contribution >= 4 is 5.91 Å². The molecule has 0 aromatic rings. The number of hydrogen-bond acceptors (Lipinski definition) is 1. The Bertz CT molecular complexity index is 134. The molecule has 77 valence electrons. The fourth-order valence-electron chi connectivity index (χ4n) is 1.23. The van der Waals surface area contributed by atoms with Crippen molar-refractivity contribution in [3.8, 4) is 0 Å². The van der Waals surface area contributed by atoms with E-state index in [2.05, 4.69) is 6.92 Å². The third-order valence-corrected chi connectivity index (χ3v) is 2.13. The zero-order chi connectivity index (χ0) is 10.1. The molecular formula is C11H22NO. The Kier molecular flexibility index (Phi) is 7.76. The predicted octanol–water partition coefficient (Wildman–Crippen LogP) is 2.64. The molecule has 2 heteroatoms. The zero-order valence-electron chi connectivity index (χ0n) is 9.01. The molecule has 0 fully saturated rings. The molecule has 1 amide bonds. The first-order valence-corrected chi connectivity index (χ1v) is 5.25. The maximum absolute atomic E-state index is 11.3. The SMILES string of the molecule is [CH2]CCCCCN(C)C(=O)CCC. The van der Waals surface area contributed by atoms with Gasteiger partial charge in [-0.1, -0.05) is 33.1 Å². The van der Waals surface area contributed by atoms with Crippen molar-refractivity contribution in [3.05, 3.63) is 6.92 Å². The molecule has 0 bridgehead atoms. The summed E-state index contributed by atoms with van der Waals surface area (Å²) in [5, 5.41) is 0. The summed E-state index contributed by atoms with van der Waals surface area (Å²) in [5.41, 5.74) is 0. The van der Waals surface area contributed by atoms with Crippen LogP contribution in [0.5, 0.6) is 0 Å². The van der Waals surface area contributed by atoms with Crippen LogP contribution in [0.25, 0.3) is 0 Å². The van der Waals surface area contributed by atoms with E-state index in [0.29, 0.717) is 6.42 Å². The van der Waals surface area contributed by atoms with Crippen molar-refractivity contribution in [1.82, 2.24) is 4.90 Å². The summed E-state index contributed by atoms with van der Waals surface area (Å²) < 4.78 is 0. The van der Waals surface area contributed by atoms with Gasteiger partial charge in [-0.15, -0.1) is 0 Å². The minimum atomic E-state index is 0.275. The van der Waals surface area contributed by atoms with Crippen molar-refractivity contribution in [1.29, 1.82) is 0 Å². The summed E-state index contributed by atoms with van der Waals surface area (Å²) in [6.07, 6.45) is 6.12. The highest BCUT2D eigenvalue weighted by atomic mass is 16.2. The molecule has 0 saturated heterocycles. The highest BCUT2D eigenvalue weighted by Crippen LogP contribution is 2.01. The fourth-order valence-corrected chi connectivity index (χ4v) is 1.23. The van der Waals surface area contributed by atoms with Crippen molar-refractivity contribution in [2.75, 3.05) is 13.6 Å². The molecule has 0 aliphatic heterocycles. The van der Waals surface area contributed by atoms with Crippen molar-refractivity contribution < 1.29 is 4.79 Å². The summed E-state index contributed by atoms with van der Waals surface area (Å²) in [4.78, 5) is 13.2. The molecule has 2 nitrogen and oxygen atoms in total. The van der Waals surface area contributed by atoms with E-state index in [1.54, 1.807) is 0 Å². The quantitative estimate of drug-likeness (QED) is 0.557. The lowest BCUT2D eigenvalue weighted by Gasteiger charge is -2.16. The Balaban J connectivity index is 3.38. The van der Waals surface area contributed by atoms with Gasteiger partial charge in [-0.05, 0) is 12.8 Å². The van der Waals surface area contributed by atoms with E-state index < -0.39 is 0 Å². The maximum atomic E-state index is 11.3. The third-order valence-electron chi connectivity index (χ3n) is 2.13. The lowest BCUT2D eigenvalue weighted by molar-refractivity contribution is -0.129. The Morgan fingerprint density at radius 1 is 1.31 bits per heavy atom. The molecule has 13 heavy (non-hydrogen) atoms. The number of hydrogen-bond donors (Lipinski definition) is 0. The van der Waals surface area contributed by atoms with Crippen molar-refractivity contribution in [2.45, 2.75) is 45.4 Å². The summed E-state index contributed by atoms with van der Waals surface area (Å²) in [6, 6.07) is 0. The van der Waals surface area contributed by atoms with Crippen LogP contribution in [-0.2, 0) is 4.79 Å². The van der Waals surface area contributed by atoms with Crippen LogP contribution in [0.2, 0.25) is 0 Å². The number of amides is 1. The second-order valence-electron chi connectivity index (χ2n) is 3.48. The molecule has 0 saturated carbocycles. The van der Waals surface area contributed by atoms with Gasteiger partial charge in [0.15, 0.2) is 0 Å². The molecule has 1 radical (unpaired) electrons.